The van der Waals surface area contributed by atoms with E-state index in [1.54, 1.807) is 0 Å². The molecule has 1 aliphatic rings. The molecular formula is C42H36Br3ClN2O2. The minimum atomic E-state index is -1.39. The molecule has 0 unspecified atom stereocenters. The molecule has 5 aromatic rings. The van der Waals surface area contributed by atoms with Gasteiger partial charge in [-0.3, -0.25) is 0 Å². The zero-order chi connectivity index (χ0) is 35.9. The van der Waals surface area contributed by atoms with Gasteiger partial charge in [0.05, 0.1) is 15.1 Å². The molecule has 0 radical (unpaired) electrons. The Morgan fingerprint density at radius 1 is 0.640 bits per heavy atom. The number of hydrogen-bond donors (Lipinski definition) is 0. The number of hydrogen-bond acceptors (Lipinski definition) is 4. The molecule has 0 saturated heterocycles. The minimum Gasteiger partial charge on any atom is -0.442 e. The maximum Gasteiger partial charge on any atom is 0.341 e. The van der Waals surface area contributed by atoms with E-state index in [0.29, 0.717) is 29.6 Å². The molecule has 0 bridgehead atoms. The molecule has 1 aliphatic heterocycles. The van der Waals surface area contributed by atoms with Crippen molar-refractivity contribution in [1.29, 1.82) is 0 Å². The second-order valence-corrected chi connectivity index (χ2v) is 15.7. The largest absolute Gasteiger partial charge is 0.442 e. The number of esters is 1. The summed E-state index contributed by atoms with van der Waals surface area (Å²) in [5, 5.41) is 0.431. The third kappa shape index (κ3) is 6.98. The monoisotopic (exact) mass is 872 g/mol. The summed E-state index contributed by atoms with van der Waals surface area (Å²) in [5.41, 5.74) is 9.77. The van der Waals surface area contributed by atoms with Gasteiger partial charge in [0.1, 0.15) is 0 Å². The quantitative estimate of drug-likeness (QED) is 0.0883. The van der Waals surface area contributed by atoms with Crippen LogP contribution in [0, 0.1) is 13.8 Å². The smallest absolute Gasteiger partial charge is 0.341 e. The first-order valence-corrected chi connectivity index (χ1v) is 18.8. The van der Waals surface area contributed by atoms with Gasteiger partial charge in [-0.2, -0.15) is 0 Å². The van der Waals surface area contributed by atoms with Crippen LogP contribution >= 0.6 is 59.4 Å². The van der Waals surface area contributed by atoms with Crippen LogP contribution in [0.25, 0.3) is 11.1 Å². The number of ether oxygens (including phenoxy) is 1. The van der Waals surface area contributed by atoms with E-state index in [1.807, 2.05) is 28.2 Å². The Morgan fingerprint density at radius 3 is 1.48 bits per heavy atom. The summed E-state index contributed by atoms with van der Waals surface area (Å²) in [5.74, 6) is -0.462. The standard InChI is InChI=1S/C42H36Br3ClN2O2/c1-25-9-7-11-29(21-25)33(27-13-17-31(18-14-27)47(3)4)23-42(36-35(41(49)50-42)37(43)39(45)40(46)38(36)44)24-34(30-12-8-10-26(2)22-30)28-15-19-32(20-16-28)48(5)6/h7-24H,1-6H3/b33-23-,34-24-. The van der Waals surface area contributed by atoms with Crippen molar-refractivity contribution in [2.75, 3.05) is 38.0 Å². The lowest BCUT2D eigenvalue weighted by atomic mass is 9.82. The molecule has 50 heavy (non-hydrogen) atoms. The molecule has 0 fully saturated rings. The number of halogens is 4. The molecule has 0 aromatic heterocycles. The number of rotatable bonds is 8. The van der Waals surface area contributed by atoms with Crippen molar-refractivity contribution < 1.29 is 9.53 Å². The highest BCUT2D eigenvalue weighted by Gasteiger charge is 2.48. The van der Waals surface area contributed by atoms with Gasteiger partial charge in [0.25, 0.3) is 0 Å². The molecule has 1 heterocycles. The number of benzene rings is 5. The highest BCUT2D eigenvalue weighted by Crippen LogP contribution is 2.53. The first kappa shape index (κ1) is 36.2. The Balaban J connectivity index is 1.75. The Hall–Kier alpha value is -3.62. The van der Waals surface area contributed by atoms with Gasteiger partial charge in [0.15, 0.2) is 5.60 Å². The van der Waals surface area contributed by atoms with Crippen LogP contribution in [0.3, 0.4) is 0 Å². The summed E-state index contributed by atoms with van der Waals surface area (Å²) in [4.78, 5) is 18.3. The van der Waals surface area contributed by atoms with E-state index < -0.39 is 11.6 Å². The maximum atomic E-state index is 14.2. The van der Waals surface area contributed by atoms with E-state index in [0.717, 1.165) is 55.9 Å². The van der Waals surface area contributed by atoms with Crippen molar-refractivity contribution in [2.45, 2.75) is 19.4 Å². The molecular weight excluding hydrogens is 840 g/mol. The summed E-state index contributed by atoms with van der Waals surface area (Å²) < 4.78 is 8.35. The third-order valence-electron chi connectivity index (χ3n) is 8.89. The highest BCUT2D eigenvalue weighted by molar-refractivity contribution is 9.13. The number of aryl methyl sites for hydroxylation is 2. The van der Waals surface area contributed by atoms with Gasteiger partial charge < -0.3 is 14.5 Å². The maximum absolute atomic E-state index is 14.2. The van der Waals surface area contributed by atoms with Crippen molar-refractivity contribution in [3.05, 3.63) is 172 Å². The van der Waals surface area contributed by atoms with Crippen LogP contribution in [-0.4, -0.2) is 34.2 Å². The highest BCUT2D eigenvalue weighted by atomic mass is 79.9. The molecule has 0 saturated carbocycles. The second kappa shape index (κ2) is 14.5. The third-order valence-corrected chi connectivity index (χ3v) is 12.6. The van der Waals surface area contributed by atoms with E-state index in [4.69, 9.17) is 16.3 Å². The number of fused-ring (bicyclic) bond motifs is 1. The normalized spacial score (nSPS) is 15.9. The summed E-state index contributed by atoms with van der Waals surface area (Å²) >= 11 is 18.1. The fraction of sp³-hybridized carbons (Fsp3) is 0.167. The van der Waals surface area contributed by atoms with Gasteiger partial charge in [0, 0.05) is 54.1 Å². The van der Waals surface area contributed by atoms with Crippen LogP contribution in [0.4, 0.5) is 11.4 Å². The number of carbonyl (C=O) groups excluding carboxylic acids is 1. The topological polar surface area (TPSA) is 32.8 Å². The molecule has 254 valence electrons. The zero-order valence-corrected chi connectivity index (χ0v) is 34.1. The van der Waals surface area contributed by atoms with E-state index in [1.165, 1.54) is 0 Å². The van der Waals surface area contributed by atoms with Crippen LogP contribution in [0.2, 0.25) is 5.02 Å². The SMILES string of the molecule is Cc1cccc(/C(=C\C2(/C=C(/c3ccc(N(C)C)cc3)c3cccc(C)c3)OC(=O)c3c(Br)c(Br)c(Cl)c(Br)c32)c2ccc(N(C)C)cc2)c1. The lowest BCUT2D eigenvalue weighted by molar-refractivity contribution is 0.0298. The van der Waals surface area contributed by atoms with Crippen LogP contribution in [-0.2, 0) is 10.3 Å². The summed E-state index contributed by atoms with van der Waals surface area (Å²) in [6, 6.07) is 33.6. The molecule has 4 nitrogen and oxygen atoms in total. The first-order chi connectivity index (χ1) is 23.8. The fourth-order valence-electron chi connectivity index (χ4n) is 6.29. The van der Waals surface area contributed by atoms with E-state index in [2.05, 4.69) is 181 Å². The van der Waals surface area contributed by atoms with Crippen molar-refractivity contribution in [3.8, 4) is 0 Å². The van der Waals surface area contributed by atoms with Gasteiger partial charge in [-0.1, -0.05) is 95.5 Å². The number of anilines is 2. The fourth-order valence-corrected chi connectivity index (χ4v) is 8.52. The van der Waals surface area contributed by atoms with Gasteiger partial charge in [-0.25, -0.2) is 4.79 Å². The van der Waals surface area contributed by atoms with Crippen LogP contribution in [0.1, 0.15) is 49.3 Å². The van der Waals surface area contributed by atoms with Crippen LogP contribution < -0.4 is 9.80 Å². The summed E-state index contributed by atoms with van der Waals surface area (Å²) in [6.45, 7) is 4.16. The number of nitrogens with zero attached hydrogens (tertiary/aromatic N) is 2. The van der Waals surface area contributed by atoms with E-state index in [-0.39, 0.29) is 0 Å². The Kier molecular flexibility index (Phi) is 10.5. The molecule has 0 aliphatic carbocycles. The zero-order valence-electron chi connectivity index (χ0n) is 28.6. The molecule has 8 heteroatoms. The molecule has 0 N–H and O–H groups in total. The van der Waals surface area contributed by atoms with Crippen LogP contribution in [0.5, 0.6) is 0 Å². The molecule has 5 aromatic carbocycles. The first-order valence-electron chi connectivity index (χ1n) is 16.0. The Morgan fingerprint density at radius 2 is 1.08 bits per heavy atom. The van der Waals surface area contributed by atoms with Gasteiger partial charge in [-0.05, 0) is 131 Å². The molecule has 6 rings (SSSR count). The second-order valence-electron chi connectivity index (χ2n) is 12.9. The summed E-state index contributed by atoms with van der Waals surface area (Å²) in [6.07, 6.45) is 4.14. The predicted octanol–water partition coefficient (Wildman–Crippen LogP) is 12.0. The van der Waals surface area contributed by atoms with Crippen molar-refractivity contribution >= 4 is 87.9 Å². The van der Waals surface area contributed by atoms with E-state index >= 15 is 0 Å². The van der Waals surface area contributed by atoms with Gasteiger partial charge in [0.2, 0.25) is 0 Å². The predicted molar refractivity (Wildman–Crippen MR) is 220 cm³/mol. The molecule has 0 spiro atoms. The van der Waals surface area contributed by atoms with Crippen molar-refractivity contribution in [2.24, 2.45) is 0 Å². The number of cyclic esters (lactones) is 1. The average Bonchev–Trinajstić information content (AvgIpc) is 3.39. The van der Waals surface area contributed by atoms with Gasteiger partial charge in [-0.15, -0.1) is 0 Å². The average molecular weight is 876 g/mol. The minimum absolute atomic E-state index is 0.402. The van der Waals surface area contributed by atoms with Gasteiger partial charge >= 0.3 is 5.97 Å². The molecule has 0 amide bonds. The lowest BCUT2D eigenvalue weighted by Gasteiger charge is -2.28. The van der Waals surface area contributed by atoms with Crippen molar-refractivity contribution in [1.82, 2.24) is 0 Å². The Labute approximate surface area is 324 Å². The summed E-state index contributed by atoms with van der Waals surface area (Å²) in [7, 11) is 8.10. The number of carbonyl (C=O) groups is 1. The lowest BCUT2D eigenvalue weighted by Crippen LogP contribution is -2.23. The molecule has 0 atom stereocenters. The van der Waals surface area contributed by atoms with Crippen molar-refractivity contribution in [3.63, 3.8) is 0 Å². The Bertz CT molecular complexity index is 2060. The van der Waals surface area contributed by atoms with Crippen LogP contribution in [0.15, 0.2) is 123 Å². The van der Waals surface area contributed by atoms with E-state index in [9.17, 15) is 4.79 Å².